The van der Waals surface area contributed by atoms with Crippen molar-refractivity contribution in [2.75, 3.05) is 40.9 Å². The Morgan fingerprint density at radius 1 is 0.414 bits per heavy atom. The van der Waals surface area contributed by atoms with Crippen LogP contribution in [-0.4, -0.2) is 74.3 Å². The third-order valence-electron chi connectivity index (χ3n) is 16.0. The highest BCUT2D eigenvalue weighted by molar-refractivity contribution is 7.47. The van der Waals surface area contributed by atoms with Crippen molar-refractivity contribution in [3.63, 3.8) is 0 Å². The molecule has 0 radical (unpaired) electrons. The first-order valence-electron chi connectivity index (χ1n) is 36.6. The number of likely N-dealkylation sites (N-methyl/N-ethyl adjacent to an activating group) is 1. The van der Waals surface area contributed by atoms with Crippen LogP contribution >= 0.6 is 7.82 Å². The Bertz CT molecular complexity index is 1810. The number of unbranched alkanes of at least 4 members (excludes halogenated alkanes) is 36. The maximum Gasteiger partial charge on any atom is 0.472 e. The Kier molecular flexibility index (Phi) is 63.5. The highest BCUT2D eigenvalue weighted by Gasteiger charge is 2.30. The van der Waals surface area contributed by atoms with Crippen molar-refractivity contribution in [3.8, 4) is 0 Å². The van der Waals surface area contributed by atoms with Crippen LogP contribution in [0.15, 0.2) is 97.2 Å². The summed E-state index contributed by atoms with van der Waals surface area (Å²) < 4.78 is 30.9. The molecule has 0 rings (SSSR count). The lowest BCUT2D eigenvalue weighted by Crippen LogP contribution is -2.47. The molecule has 0 saturated carbocycles. The van der Waals surface area contributed by atoms with Gasteiger partial charge in [0.2, 0.25) is 5.91 Å². The van der Waals surface area contributed by atoms with Crippen molar-refractivity contribution in [1.29, 1.82) is 0 Å². The van der Waals surface area contributed by atoms with E-state index in [0.29, 0.717) is 17.4 Å². The molecule has 0 aliphatic rings. The normalized spacial score (nSPS) is 14.1. The molecular weight excluding hydrogens is 1100 g/mol. The standard InChI is InChI=1S/C77H139N2O7P/c1-7-10-13-16-19-22-25-28-30-32-34-36-38-39-41-43-45-47-49-52-55-58-61-64-67-70-77(81)86-75(68-65-62-59-56-53-50-27-24-21-18-15-12-9-3)74(73-85-87(82,83)84-72-71-79(4,5)6)78-76(80)69-66-63-60-57-54-51-48-46-44-42-40-37-35-33-31-29-26-23-20-17-14-11-8-2/h11,14,19-20,22-23,28-31,35,37,42,44,65,68,74-75H,7-10,12-13,15-18,21,24-27,32-34,36,38-41,43,45-64,66-67,69-73H2,1-6H3,(H-,78,80,82,83)/p+1/b14-11-,22-19-,23-20-,30-28-,31-29-,37-35-,44-42-,68-65+. The van der Waals surface area contributed by atoms with E-state index in [2.05, 4.69) is 111 Å². The number of nitrogens with zero attached hydrogens (tertiary/aromatic N) is 1. The van der Waals surface area contributed by atoms with Crippen LogP contribution in [0.5, 0.6) is 0 Å². The maximum absolute atomic E-state index is 13.6. The molecule has 0 aliphatic heterocycles. The van der Waals surface area contributed by atoms with Crippen LogP contribution in [0.2, 0.25) is 0 Å². The smallest absolute Gasteiger partial charge is 0.456 e. The topological polar surface area (TPSA) is 111 Å². The molecule has 504 valence electrons. The Hall–Kier alpha value is -3.07. The number of carbonyl (C=O) groups excluding carboxylic acids is 2. The zero-order chi connectivity index (χ0) is 63.5. The van der Waals surface area contributed by atoms with Crippen LogP contribution in [0.4, 0.5) is 0 Å². The van der Waals surface area contributed by atoms with Gasteiger partial charge >= 0.3 is 13.8 Å². The molecule has 0 bridgehead atoms. The number of quaternary nitrogens is 1. The number of nitrogens with one attached hydrogen (secondary N) is 1. The van der Waals surface area contributed by atoms with Crippen molar-refractivity contribution in [1.82, 2.24) is 5.32 Å². The zero-order valence-corrected chi connectivity index (χ0v) is 58.6. The summed E-state index contributed by atoms with van der Waals surface area (Å²) in [5.74, 6) is -0.511. The van der Waals surface area contributed by atoms with Crippen molar-refractivity contribution in [2.24, 2.45) is 0 Å². The molecule has 3 atom stereocenters. The Labute approximate surface area is 538 Å². The van der Waals surface area contributed by atoms with Gasteiger partial charge in [0, 0.05) is 12.8 Å². The number of allylic oxidation sites excluding steroid dienone is 15. The minimum absolute atomic E-state index is 0.0348. The van der Waals surface area contributed by atoms with E-state index < -0.39 is 20.0 Å². The average Bonchev–Trinajstić information content (AvgIpc) is 3.69. The molecule has 10 heteroatoms. The molecule has 0 aromatic heterocycles. The fourth-order valence-corrected chi connectivity index (χ4v) is 11.1. The summed E-state index contributed by atoms with van der Waals surface area (Å²) >= 11 is 0. The predicted octanol–water partition coefficient (Wildman–Crippen LogP) is 23.5. The number of hydrogen-bond donors (Lipinski definition) is 2. The average molecular weight is 1240 g/mol. The van der Waals surface area contributed by atoms with E-state index in [4.69, 9.17) is 13.8 Å². The van der Waals surface area contributed by atoms with Gasteiger partial charge in [0.1, 0.15) is 19.3 Å². The van der Waals surface area contributed by atoms with Crippen LogP contribution in [0.1, 0.15) is 329 Å². The number of phosphoric acid groups is 1. The number of ether oxygens (including phenoxy) is 1. The molecule has 0 fully saturated rings. The van der Waals surface area contributed by atoms with E-state index in [9.17, 15) is 19.0 Å². The molecule has 0 aromatic carbocycles. The number of rotatable bonds is 66. The van der Waals surface area contributed by atoms with E-state index in [-0.39, 0.29) is 31.5 Å². The first-order chi connectivity index (χ1) is 42.4. The van der Waals surface area contributed by atoms with Gasteiger partial charge in [0.15, 0.2) is 0 Å². The van der Waals surface area contributed by atoms with Crippen LogP contribution in [0.25, 0.3) is 0 Å². The van der Waals surface area contributed by atoms with Gasteiger partial charge in [-0.15, -0.1) is 0 Å². The molecule has 9 nitrogen and oxygen atoms in total. The molecule has 0 aromatic rings. The van der Waals surface area contributed by atoms with Crippen molar-refractivity contribution < 1.29 is 37.3 Å². The number of esters is 1. The third-order valence-corrected chi connectivity index (χ3v) is 17.0. The van der Waals surface area contributed by atoms with Crippen molar-refractivity contribution in [3.05, 3.63) is 97.2 Å². The Morgan fingerprint density at radius 2 is 0.736 bits per heavy atom. The maximum atomic E-state index is 13.6. The van der Waals surface area contributed by atoms with Gasteiger partial charge in [0.05, 0.1) is 33.8 Å². The van der Waals surface area contributed by atoms with Gasteiger partial charge in [-0.2, -0.15) is 0 Å². The van der Waals surface area contributed by atoms with Crippen LogP contribution in [-0.2, 0) is 27.9 Å². The second-order valence-corrected chi connectivity index (χ2v) is 27.2. The second kappa shape index (κ2) is 65.9. The lowest BCUT2D eigenvalue weighted by molar-refractivity contribution is -0.870. The Morgan fingerprint density at radius 3 is 1.13 bits per heavy atom. The molecule has 87 heavy (non-hydrogen) atoms. The molecule has 1 amide bonds. The number of hydrogen-bond acceptors (Lipinski definition) is 6. The molecule has 0 heterocycles. The van der Waals surface area contributed by atoms with E-state index in [1.807, 2.05) is 33.3 Å². The fraction of sp³-hybridized carbons (Fsp3) is 0.766. The van der Waals surface area contributed by atoms with Gasteiger partial charge in [-0.3, -0.25) is 18.6 Å². The van der Waals surface area contributed by atoms with Crippen LogP contribution in [0.3, 0.4) is 0 Å². The summed E-state index contributed by atoms with van der Waals surface area (Å²) in [6, 6.07) is -0.860. The third kappa shape index (κ3) is 67.2. The largest absolute Gasteiger partial charge is 0.472 e. The summed E-state index contributed by atoms with van der Waals surface area (Å²) in [4.78, 5) is 38.0. The predicted molar refractivity (Wildman–Crippen MR) is 378 cm³/mol. The monoisotopic (exact) mass is 1240 g/mol. The van der Waals surface area contributed by atoms with Gasteiger partial charge < -0.3 is 19.4 Å². The minimum atomic E-state index is -4.46. The van der Waals surface area contributed by atoms with E-state index in [0.717, 1.165) is 109 Å². The van der Waals surface area contributed by atoms with E-state index in [1.165, 1.54) is 186 Å². The lowest BCUT2D eigenvalue weighted by Gasteiger charge is -2.27. The highest BCUT2D eigenvalue weighted by atomic mass is 31.2. The van der Waals surface area contributed by atoms with Crippen LogP contribution in [0, 0.1) is 0 Å². The lowest BCUT2D eigenvalue weighted by atomic mass is 10.0. The first kappa shape index (κ1) is 83.9. The summed E-state index contributed by atoms with van der Waals surface area (Å²) in [6.07, 6.45) is 89.9. The second-order valence-electron chi connectivity index (χ2n) is 25.7. The number of amides is 1. The molecule has 2 N–H and O–H groups in total. The molecule has 0 spiro atoms. The van der Waals surface area contributed by atoms with Gasteiger partial charge in [-0.25, -0.2) is 4.57 Å². The van der Waals surface area contributed by atoms with Crippen molar-refractivity contribution >= 4 is 19.7 Å². The van der Waals surface area contributed by atoms with Gasteiger partial charge in [-0.1, -0.05) is 305 Å². The number of phosphoric ester groups is 1. The quantitative estimate of drug-likeness (QED) is 0.0205. The van der Waals surface area contributed by atoms with E-state index in [1.54, 1.807) is 0 Å². The molecular formula is C77H140N2O7P+. The van der Waals surface area contributed by atoms with Crippen molar-refractivity contribution in [2.45, 2.75) is 341 Å². The molecule has 0 aliphatic carbocycles. The first-order valence-corrected chi connectivity index (χ1v) is 38.1. The van der Waals surface area contributed by atoms with Gasteiger partial charge in [-0.05, 0) is 109 Å². The van der Waals surface area contributed by atoms with E-state index >= 15 is 0 Å². The van der Waals surface area contributed by atoms with Gasteiger partial charge in [0.25, 0.3) is 0 Å². The van der Waals surface area contributed by atoms with Crippen LogP contribution < -0.4 is 5.32 Å². The fourth-order valence-electron chi connectivity index (χ4n) is 10.4. The Balaban J connectivity index is 5.09. The summed E-state index contributed by atoms with van der Waals surface area (Å²) in [6.45, 7) is 6.90. The summed E-state index contributed by atoms with van der Waals surface area (Å²) in [5.41, 5.74) is 0. The SMILES string of the molecule is CC/C=C\C/C=C\C/C=C\C/C=C\C/C=C\CCCCCCCCCC(=O)NC(COP(=O)(O)OCC[N+](C)(C)C)C(/C=C/CCCCCCCCCCCCC)OC(=O)CCCCCCCCCCCCCCCCC/C=C\C/C=C\CCCCC. The minimum Gasteiger partial charge on any atom is -0.456 e. The highest BCUT2D eigenvalue weighted by Crippen LogP contribution is 2.43. The summed E-state index contributed by atoms with van der Waals surface area (Å²) in [7, 11) is 1.49. The number of carbonyl (C=O) groups is 2. The molecule has 3 unspecified atom stereocenters. The summed E-state index contributed by atoms with van der Waals surface area (Å²) in [5, 5.41) is 3.07. The zero-order valence-electron chi connectivity index (χ0n) is 57.7. The molecule has 0 saturated heterocycles.